The van der Waals surface area contributed by atoms with Crippen molar-refractivity contribution in [2.45, 2.75) is 52.4 Å². The number of fused-ring (bicyclic) bond motifs is 3. The summed E-state index contributed by atoms with van der Waals surface area (Å²) < 4.78 is 10.7. The van der Waals surface area contributed by atoms with Crippen LogP contribution in [0.2, 0.25) is 0 Å². The molecule has 0 spiro atoms. The van der Waals surface area contributed by atoms with Crippen LogP contribution >= 0.6 is 0 Å². The van der Waals surface area contributed by atoms with Gasteiger partial charge in [0.05, 0.1) is 25.7 Å². The molecule has 0 fully saturated rings. The average Bonchev–Trinajstić information content (AvgIpc) is 3.49. The zero-order valence-corrected chi connectivity index (χ0v) is 29.3. The van der Waals surface area contributed by atoms with Crippen molar-refractivity contribution in [3.05, 3.63) is 96.1 Å². The van der Waals surface area contributed by atoms with E-state index < -0.39 is 0 Å². The molecule has 0 aromatic heterocycles. The van der Waals surface area contributed by atoms with E-state index in [1.807, 2.05) is 42.5 Å². The molecule has 5 aromatic carbocycles. The number of rotatable bonds is 3. The first-order valence-electron chi connectivity index (χ1n) is 12.6. The summed E-state index contributed by atoms with van der Waals surface area (Å²) in [6.45, 7) is 13.6. The summed E-state index contributed by atoms with van der Waals surface area (Å²) in [6, 6.07) is 30.1. The van der Waals surface area contributed by atoms with Gasteiger partial charge in [-0.15, -0.1) is 51.4 Å². The van der Waals surface area contributed by atoms with Crippen LogP contribution in [0.5, 0.6) is 11.5 Å². The minimum atomic E-state index is 0. The normalized spacial score (nSPS) is 11.0. The van der Waals surface area contributed by atoms with Gasteiger partial charge in [-0.2, -0.15) is 18.2 Å². The summed E-state index contributed by atoms with van der Waals surface area (Å²) in [6.07, 6.45) is 0. The van der Waals surface area contributed by atoms with E-state index in [0.717, 1.165) is 22.6 Å². The minimum absolute atomic E-state index is 0. The number of methoxy groups -OCH3 is 2. The van der Waals surface area contributed by atoms with E-state index in [1.54, 1.807) is 14.2 Å². The molecule has 0 heterocycles. The molecule has 2 nitrogen and oxygen atoms in total. The summed E-state index contributed by atoms with van der Waals surface area (Å²) >= 11 is 0. The van der Waals surface area contributed by atoms with E-state index in [9.17, 15) is 0 Å². The molecule has 0 bridgehead atoms. The fraction of sp³-hybridized carbons (Fsp3) is 0.294. The third-order valence-corrected chi connectivity index (χ3v) is 6.82. The van der Waals surface area contributed by atoms with Gasteiger partial charge >= 0.3 is 25.8 Å². The largest absolute Gasteiger partial charge is 4.00 e. The van der Waals surface area contributed by atoms with Crippen molar-refractivity contribution in [1.82, 2.24) is 0 Å². The second kappa shape index (κ2) is 14.0. The summed E-state index contributed by atoms with van der Waals surface area (Å²) in [5.41, 5.74) is 5.34. The molecule has 5 aromatic rings. The Hall–Kier alpha value is -2.07. The molecule has 0 radical (unpaired) electrons. The van der Waals surface area contributed by atoms with E-state index in [1.165, 1.54) is 32.7 Å². The maximum atomic E-state index is 5.33. The standard InChI is InChI=1S/C21H25.C13H13O2.2ClH.Hf/c1-20(2,3)16-7-9-18-14(12-16)11-15-13-17(21(4,5)6)8-10-19(15)18;1-14-11-8-5-9-12(15-2)13(11)10-6-3-4-7-10;;;/h7-13H,1-6H3;3-9H,1-2H3;2*1H;/q2*-1;;;+4/p-2. The van der Waals surface area contributed by atoms with Gasteiger partial charge in [0.2, 0.25) is 0 Å². The molecule has 5 rings (SSSR count). The molecule has 0 saturated carbocycles. The molecule has 204 valence electrons. The Morgan fingerprint density at radius 1 is 0.615 bits per heavy atom. The summed E-state index contributed by atoms with van der Waals surface area (Å²) in [5.74, 6) is 1.67. The van der Waals surface area contributed by atoms with Crippen LogP contribution in [0.1, 0.15) is 52.7 Å². The van der Waals surface area contributed by atoms with Gasteiger partial charge < -0.3 is 34.3 Å². The first-order valence-corrected chi connectivity index (χ1v) is 12.6. The summed E-state index contributed by atoms with van der Waals surface area (Å²) in [7, 11) is 3.34. The summed E-state index contributed by atoms with van der Waals surface area (Å²) in [5, 5.41) is 5.48. The van der Waals surface area contributed by atoms with Crippen molar-refractivity contribution in [3.63, 3.8) is 0 Å². The van der Waals surface area contributed by atoms with Gasteiger partial charge in [-0.25, -0.2) is 0 Å². The van der Waals surface area contributed by atoms with Crippen LogP contribution in [-0.2, 0) is 36.7 Å². The molecule has 0 aliphatic rings. The fourth-order valence-electron chi connectivity index (χ4n) is 4.63. The van der Waals surface area contributed by atoms with Crippen molar-refractivity contribution >= 4 is 21.5 Å². The van der Waals surface area contributed by atoms with Gasteiger partial charge in [0, 0.05) is 0 Å². The van der Waals surface area contributed by atoms with Crippen LogP contribution in [0.3, 0.4) is 0 Å². The van der Waals surface area contributed by atoms with Crippen LogP contribution in [0, 0.1) is 0 Å². The van der Waals surface area contributed by atoms with Crippen molar-refractivity contribution in [2.75, 3.05) is 14.2 Å². The predicted octanol–water partition coefficient (Wildman–Crippen LogP) is 3.40. The first-order chi connectivity index (χ1) is 17.0. The summed E-state index contributed by atoms with van der Waals surface area (Å²) in [4.78, 5) is 0. The molecule has 5 heteroatoms. The van der Waals surface area contributed by atoms with Gasteiger partial charge in [0.15, 0.2) is 0 Å². The molecule has 0 aliphatic heterocycles. The van der Waals surface area contributed by atoms with Crippen molar-refractivity contribution in [3.8, 4) is 22.6 Å². The smallest absolute Gasteiger partial charge is 1.00 e. The van der Waals surface area contributed by atoms with E-state index >= 15 is 0 Å². The van der Waals surface area contributed by atoms with Gasteiger partial charge in [0.25, 0.3) is 0 Å². The Labute approximate surface area is 265 Å². The van der Waals surface area contributed by atoms with Crippen LogP contribution < -0.4 is 34.3 Å². The zero-order chi connectivity index (χ0) is 26.1. The molecule has 0 atom stereocenters. The molecule has 0 N–H and O–H groups in total. The van der Waals surface area contributed by atoms with Crippen molar-refractivity contribution in [1.29, 1.82) is 0 Å². The predicted molar refractivity (Wildman–Crippen MR) is 155 cm³/mol. The topological polar surface area (TPSA) is 18.5 Å². The monoisotopic (exact) mass is 728 g/mol. The average molecular weight is 728 g/mol. The minimum Gasteiger partial charge on any atom is -1.00 e. The number of ether oxygens (including phenoxy) is 2. The number of benzene rings is 3. The molecule has 39 heavy (non-hydrogen) atoms. The molecule has 0 aliphatic carbocycles. The quantitative estimate of drug-likeness (QED) is 0.210. The van der Waals surface area contributed by atoms with Crippen molar-refractivity contribution < 1.29 is 60.1 Å². The maximum Gasteiger partial charge on any atom is 4.00 e. The molecular weight excluding hydrogens is 690 g/mol. The van der Waals surface area contributed by atoms with Gasteiger partial charge in [-0.3, -0.25) is 0 Å². The van der Waals surface area contributed by atoms with E-state index in [2.05, 4.69) is 84.0 Å². The number of hydrogen-bond donors (Lipinski definition) is 0. The Kier molecular flexibility index (Phi) is 12.6. The van der Waals surface area contributed by atoms with Gasteiger partial charge in [-0.1, -0.05) is 83.0 Å². The maximum absolute atomic E-state index is 5.33. The first kappa shape index (κ1) is 35.0. The third kappa shape index (κ3) is 7.78. The van der Waals surface area contributed by atoms with Gasteiger partial charge in [-0.05, 0) is 28.5 Å². The fourth-order valence-corrected chi connectivity index (χ4v) is 4.63. The SMILES string of the molecule is CC(C)(C)c1ccc2c(c1)[cH-]c1cc(C(C)(C)C)ccc12.COc1cccc(OC)c1-c1ccc[cH-]1.[Cl-].[Cl-].[Hf+4]. The Balaban J connectivity index is 0.000000379. The third-order valence-electron chi connectivity index (χ3n) is 6.82. The van der Waals surface area contributed by atoms with E-state index in [-0.39, 0.29) is 61.5 Å². The van der Waals surface area contributed by atoms with Crippen LogP contribution in [-0.4, -0.2) is 14.2 Å². The van der Waals surface area contributed by atoms with E-state index in [4.69, 9.17) is 9.47 Å². The van der Waals surface area contributed by atoms with E-state index in [0.29, 0.717) is 0 Å². The molecular formula is C34H38Cl2HfO2. The second-order valence-corrected chi connectivity index (χ2v) is 11.5. The van der Waals surface area contributed by atoms with Crippen LogP contribution in [0.15, 0.2) is 84.9 Å². The van der Waals surface area contributed by atoms with Crippen LogP contribution in [0.25, 0.3) is 32.7 Å². The molecule has 0 amide bonds. The zero-order valence-electron chi connectivity index (χ0n) is 24.2. The second-order valence-electron chi connectivity index (χ2n) is 11.5. The van der Waals surface area contributed by atoms with Crippen molar-refractivity contribution in [2.24, 2.45) is 0 Å². The van der Waals surface area contributed by atoms with Gasteiger partial charge in [0.1, 0.15) is 0 Å². The van der Waals surface area contributed by atoms with Crippen LogP contribution in [0.4, 0.5) is 0 Å². The Morgan fingerprint density at radius 2 is 1.08 bits per heavy atom. The molecule has 0 saturated heterocycles. The Morgan fingerprint density at radius 3 is 1.44 bits per heavy atom. The number of hydrogen-bond acceptors (Lipinski definition) is 2. The number of halogens is 2. The molecule has 0 unspecified atom stereocenters. The Bertz CT molecular complexity index is 1380.